The number of ether oxygens (including phenoxy) is 1. The number of carbonyl (C=O) groups is 1. The van der Waals surface area contributed by atoms with Crippen LogP contribution in [-0.4, -0.2) is 61.7 Å². The van der Waals surface area contributed by atoms with E-state index in [1.165, 1.54) is 19.4 Å². The average molecular weight is 521 g/mol. The highest BCUT2D eigenvalue weighted by Gasteiger charge is 2.38. The Morgan fingerprint density at radius 3 is 2.33 bits per heavy atom. The normalized spacial score (nSPS) is 12.4. The van der Waals surface area contributed by atoms with Crippen LogP contribution in [0.4, 0.5) is 10.8 Å². The zero-order valence-corrected chi connectivity index (χ0v) is 20.3. The lowest BCUT2D eigenvalue weighted by Gasteiger charge is -2.21. The van der Waals surface area contributed by atoms with Crippen molar-refractivity contribution in [1.29, 1.82) is 0 Å². The molecule has 0 bridgehead atoms. The number of benzene rings is 2. The van der Waals surface area contributed by atoms with Crippen molar-refractivity contribution in [3.8, 4) is 23.0 Å². The molecule has 0 aliphatic carbocycles. The molecule has 10 N–H and O–H groups in total. The predicted octanol–water partition coefficient (Wildman–Crippen LogP) is 1.15. The molecule has 2 aromatic carbocycles. The molecule has 1 heterocycles. The first-order chi connectivity index (χ1) is 17.0. The molecule has 1 amide bonds. The van der Waals surface area contributed by atoms with Gasteiger partial charge in [-0.15, -0.1) is 11.3 Å². The monoisotopic (exact) mass is 520 g/mol. The topological polar surface area (TPSA) is 211 Å². The fourth-order valence-electron chi connectivity index (χ4n) is 3.53. The first-order valence-corrected chi connectivity index (χ1v) is 11.6. The van der Waals surface area contributed by atoms with Gasteiger partial charge >= 0.3 is 0 Å². The molecule has 12 nitrogen and oxygen atoms in total. The molecular weight excluding hydrogens is 492 g/mol. The lowest BCUT2D eigenvalue weighted by atomic mass is 9.99. The fourth-order valence-corrected chi connectivity index (χ4v) is 4.14. The van der Waals surface area contributed by atoms with Crippen LogP contribution in [0.15, 0.2) is 29.6 Å². The van der Waals surface area contributed by atoms with Gasteiger partial charge < -0.3 is 51.7 Å². The number of phenols is 4. The van der Waals surface area contributed by atoms with Crippen LogP contribution in [0.1, 0.15) is 28.5 Å². The van der Waals surface area contributed by atoms with Gasteiger partial charge in [0.1, 0.15) is 5.69 Å². The third kappa shape index (κ3) is 5.61. The minimum Gasteiger partial charge on any atom is -0.504 e. The number of aromatic nitrogens is 1. The molecule has 0 aliphatic heterocycles. The van der Waals surface area contributed by atoms with Crippen LogP contribution >= 0.6 is 11.3 Å². The number of anilines is 2. The summed E-state index contributed by atoms with van der Waals surface area (Å²) in [6, 6.07) is 6.74. The van der Waals surface area contributed by atoms with E-state index in [2.05, 4.69) is 15.6 Å². The van der Waals surface area contributed by atoms with Crippen molar-refractivity contribution < 1.29 is 40.2 Å². The summed E-state index contributed by atoms with van der Waals surface area (Å²) in [6.07, 6.45) is -0.130. The Morgan fingerprint density at radius 1 is 1.11 bits per heavy atom. The molecule has 1 atom stereocenters. The standard InChI is InChI=1S/C23H28N4O8S/c1-11-16(18(29)20(31)19(30)17(11)28)14(35-2)9-25-8-7-12-3-5-13(6-4-12)26-21(32)23(33,34)15-10-36-22(24)27-15/h3-6,10,14,25,28-31,33-34H,7-9H2,1-2H3,(H2,24,27)(H,26,32). The summed E-state index contributed by atoms with van der Waals surface area (Å²) in [5.41, 5.74) is 6.82. The van der Waals surface area contributed by atoms with Crippen LogP contribution < -0.4 is 16.4 Å². The Hall–Kier alpha value is -3.62. The molecule has 13 heteroatoms. The lowest BCUT2D eigenvalue weighted by Crippen LogP contribution is -2.40. The van der Waals surface area contributed by atoms with Crippen molar-refractivity contribution >= 4 is 28.1 Å². The average Bonchev–Trinajstić information content (AvgIpc) is 3.31. The number of aromatic hydroxyl groups is 4. The van der Waals surface area contributed by atoms with E-state index in [0.717, 1.165) is 16.9 Å². The summed E-state index contributed by atoms with van der Waals surface area (Å²) in [5, 5.41) is 66.9. The second-order valence-corrected chi connectivity index (χ2v) is 8.90. The van der Waals surface area contributed by atoms with Gasteiger partial charge in [0.05, 0.1) is 6.10 Å². The van der Waals surface area contributed by atoms with E-state index < -0.39 is 40.8 Å². The van der Waals surface area contributed by atoms with Gasteiger partial charge in [-0.3, -0.25) is 4.79 Å². The molecule has 1 unspecified atom stereocenters. The molecule has 1 aromatic heterocycles. The largest absolute Gasteiger partial charge is 0.504 e. The van der Waals surface area contributed by atoms with Gasteiger partial charge in [-0.2, -0.15) is 0 Å². The number of rotatable bonds is 10. The zero-order valence-electron chi connectivity index (χ0n) is 19.5. The Labute approximate surface area is 210 Å². The van der Waals surface area contributed by atoms with E-state index in [1.54, 1.807) is 24.3 Å². The molecule has 0 aliphatic rings. The van der Waals surface area contributed by atoms with Crippen LogP contribution in [0, 0.1) is 6.92 Å². The van der Waals surface area contributed by atoms with E-state index in [0.29, 0.717) is 18.7 Å². The van der Waals surface area contributed by atoms with Crippen molar-refractivity contribution in [3.63, 3.8) is 0 Å². The zero-order chi connectivity index (χ0) is 26.6. The van der Waals surface area contributed by atoms with Crippen molar-refractivity contribution in [2.45, 2.75) is 25.2 Å². The van der Waals surface area contributed by atoms with Gasteiger partial charge in [0.2, 0.25) is 11.5 Å². The number of phenolic OH excluding ortho intramolecular Hbond substituents is 4. The van der Waals surface area contributed by atoms with Crippen LogP contribution in [0.25, 0.3) is 0 Å². The highest BCUT2D eigenvalue weighted by molar-refractivity contribution is 7.13. The number of methoxy groups -OCH3 is 1. The number of nitrogens with one attached hydrogen (secondary N) is 2. The Kier molecular flexibility index (Phi) is 8.22. The Morgan fingerprint density at radius 2 is 1.75 bits per heavy atom. The van der Waals surface area contributed by atoms with E-state index in [4.69, 9.17) is 10.5 Å². The number of nitrogens with two attached hydrogens (primary N) is 1. The van der Waals surface area contributed by atoms with E-state index in [-0.39, 0.29) is 28.5 Å². The Bertz CT molecular complexity index is 1200. The number of nitrogen functional groups attached to an aromatic ring is 1. The van der Waals surface area contributed by atoms with E-state index >= 15 is 0 Å². The summed E-state index contributed by atoms with van der Waals surface area (Å²) in [7, 11) is 1.41. The maximum absolute atomic E-state index is 12.3. The number of nitrogens with zero attached hydrogens (tertiary/aromatic N) is 1. The molecular formula is C23H28N4O8S. The highest BCUT2D eigenvalue weighted by Crippen LogP contribution is 2.49. The lowest BCUT2D eigenvalue weighted by molar-refractivity contribution is -0.185. The van der Waals surface area contributed by atoms with Gasteiger partial charge in [-0.25, -0.2) is 4.98 Å². The fraction of sp³-hybridized carbons (Fsp3) is 0.304. The van der Waals surface area contributed by atoms with E-state index in [9.17, 15) is 35.4 Å². The molecule has 0 spiro atoms. The molecule has 194 valence electrons. The SMILES string of the molecule is COC(CNCCc1ccc(NC(=O)C(O)(O)c2csc(N)n2)cc1)c1c(C)c(O)c(O)c(O)c1O. The smallest absolute Gasteiger partial charge is 0.291 e. The molecule has 0 fully saturated rings. The summed E-state index contributed by atoms with van der Waals surface area (Å²) in [5.74, 6) is -6.62. The van der Waals surface area contributed by atoms with Gasteiger partial charge in [0.25, 0.3) is 11.7 Å². The number of thiazole rings is 1. The van der Waals surface area contributed by atoms with Crippen LogP contribution in [-0.2, 0) is 21.7 Å². The predicted molar refractivity (Wildman–Crippen MR) is 132 cm³/mol. The van der Waals surface area contributed by atoms with E-state index in [1.807, 2.05) is 0 Å². The summed E-state index contributed by atoms with van der Waals surface area (Å²) >= 11 is 0.979. The molecule has 0 radical (unpaired) electrons. The molecule has 0 saturated carbocycles. The van der Waals surface area contributed by atoms with Crippen molar-refractivity contribution in [2.75, 3.05) is 31.2 Å². The minimum absolute atomic E-state index is 0.103. The van der Waals surface area contributed by atoms with Crippen molar-refractivity contribution in [1.82, 2.24) is 10.3 Å². The highest BCUT2D eigenvalue weighted by atomic mass is 32.1. The van der Waals surface area contributed by atoms with Crippen LogP contribution in [0.5, 0.6) is 23.0 Å². The second-order valence-electron chi connectivity index (χ2n) is 8.01. The van der Waals surface area contributed by atoms with Crippen LogP contribution in [0.2, 0.25) is 0 Å². The van der Waals surface area contributed by atoms with Crippen molar-refractivity contribution in [3.05, 3.63) is 52.0 Å². The second kappa shape index (κ2) is 11.0. The summed E-state index contributed by atoms with van der Waals surface area (Å²) in [6.45, 7) is 2.22. The summed E-state index contributed by atoms with van der Waals surface area (Å²) < 4.78 is 5.40. The quantitative estimate of drug-likeness (QED) is 0.0801. The third-order valence-corrected chi connectivity index (χ3v) is 6.30. The summed E-state index contributed by atoms with van der Waals surface area (Å²) in [4.78, 5) is 16.0. The molecule has 3 aromatic rings. The maximum Gasteiger partial charge on any atom is 0.291 e. The minimum atomic E-state index is -2.83. The number of amides is 1. The number of hydrogen-bond acceptors (Lipinski definition) is 12. The molecule has 3 rings (SSSR count). The van der Waals surface area contributed by atoms with Gasteiger partial charge in [-0.1, -0.05) is 12.1 Å². The first-order valence-electron chi connectivity index (χ1n) is 10.7. The first kappa shape index (κ1) is 27.0. The molecule has 36 heavy (non-hydrogen) atoms. The van der Waals surface area contributed by atoms with Crippen LogP contribution in [0.3, 0.4) is 0 Å². The number of hydrogen-bond donors (Lipinski definition) is 9. The van der Waals surface area contributed by atoms with Gasteiger partial charge in [0.15, 0.2) is 16.6 Å². The van der Waals surface area contributed by atoms with Gasteiger partial charge in [0, 0.05) is 35.8 Å². The molecule has 0 saturated heterocycles. The number of carbonyl (C=O) groups excluding carboxylic acids is 1. The maximum atomic E-state index is 12.3. The van der Waals surface area contributed by atoms with Gasteiger partial charge in [-0.05, 0) is 37.6 Å². The number of aliphatic hydroxyl groups is 2. The van der Waals surface area contributed by atoms with Crippen molar-refractivity contribution in [2.24, 2.45) is 0 Å². The Balaban J connectivity index is 1.55. The third-order valence-electron chi connectivity index (χ3n) is 5.62.